The molecule has 2 rings (SSSR count). The molecule has 0 radical (unpaired) electrons. The van der Waals surface area contributed by atoms with Crippen LogP contribution in [0.25, 0.3) is 0 Å². The minimum Gasteiger partial charge on any atom is -0.497 e. The molecule has 0 unspecified atom stereocenters. The highest BCUT2D eigenvalue weighted by Crippen LogP contribution is 2.38. The lowest BCUT2D eigenvalue weighted by atomic mass is 9.83. The lowest BCUT2D eigenvalue weighted by molar-refractivity contribution is -0.161. The number of alkyl halides is 3. The van der Waals surface area contributed by atoms with E-state index < -0.39 is 30.1 Å². The summed E-state index contributed by atoms with van der Waals surface area (Å²) in [7, 11) is 4.09. The summed E-state index contributed by atoms with van der Waals surface area (Å²) >= 11 is 12.3. The number of hydrogen-bond donors (Lipinski definition) is 1. The molecule has 0 heterocycles. The van der Waals surface area contributed by atoms with E-state index in [-0.39, 0.29) is 41.8 Å². The second-order valence-electron chi connectivity index (χ2n) is 8.13. The van der Waals surface area contributed by atoms with Gasteiger partial charge >= 0.3 is 12.3 Å². The van der Waals surface area contributed by atoms with Crippen molar-refractivity contribution in [3.63, 3.8) is 0 Å². The number of methoxy groups -OCH3 is 1. The Morgan fingerprint density at radius 2 is 1.61 bits per heavy atom. The second-order valence-corrected chi connectivity index (χ2v) is 8.95. The number of carbonyl (C=O) groups is 2. The molecular weight excluding hydrogens is 524 g/mol. The third-order valence-corrected chi connectivity index (χ3v) is 6.40. The van der Waals surface area contributed by atoms with Crippen molar-refractivity contribution in [3.8, 4) is 11.5 Å². The van der Waals surface area contributed by atoms with Gasteiger partial charge in [-0.1, -0.05) is 29.3 Å². The molecule has 198 valence electrons. The predicted octanol–water partition coefficient (Wildman–Crippen LogP) is 5.51. The van der Waals surface area contributed by atoms with E-state index in [4.69, 9.17) is 32.7 Å². The van der Waals surface area contributed by atoms with Gasteiger partial charge in [0.15, 0.2) is 0 Å². The van der Waals surface area contributed by atoms with Crippen LogP contribution in [0.15, 0.2) is 42.5 Å². The van der Waals surface area contributed by atoms with E-state index in [0.29, 0.717) is 11.3 Å². The Morgan fingerprint density at radius 1 is 1.00 bits per heavy atom. The molecule has 0 bridgehead atoms. The van der Waals surface area contributed by atoms with Crippen molar-refractivity contribution in [1.29, 1.82) is 0 Å². The average molecular weight is 551 g/mol. The fourth-order valence-corrected chi connectivity index (χ4v) is 4.01. The van der Waals surface area contributed by atoms with E-state index in [1.54, 1.807) is 18.2 Å². The number of carbonyl (C=O) groups excluding carboxylic acids is 2. The number of amides is 2. The van der Waals surface area contributed by atoms with Gasteiger partial charge in [-0.15, -0.1) is 0 Å². The van der Waals surface area contributed by atoms with Gasteiger partial charge in [0.2, 0.25) is 5.91 Å². The first kappa shape index (κ1) is 29.5. The average Bonchev–Trinajstić information content (AvgIpc) is 2.82. The summed E-state index contributed by atoms with van der Waals surface area (Å²) in [5, 5.41) is 9.92. The molecule has 1 N–H and O–H groups in total. The van der Waals surface area contributed by atoms with Crippen molar-refractivity contribution < 1.29 is 37.3 Å². The summed E-state index contributed by atoms with van der Waals surface area (Å²) in [5.41, 5.74) is -1.03. The SMILES string of the molecule is COc1ccc(OC(=O)N(C)[C@](CCCO)(CN(C)C(=O)CC(F)(F)F)c2ccc(Cl)c(Cl)c2)cc1. The van der Waals surface area contributed by atoms with Crippen LogP contribution in [0.3, 0.4) is 0 Å². The maximum absolute atomic E-state index is 13.2. The Bertz CT molecular complexity index is 1050. The highest BCUT2D eigenvalue weighted by molar-refractivity contribution is 6.42. The molecular formula is C24H27Cl2F3N2O5. The summed E-state index contributed by atoms with van der Waals surface area (Å²) in [4.78, 5) is 27.7. The first-order valence-electron chi connectivity index (χ1n) is 10.8. The van der Waals surface area contributed by atoms with E-state index in [2.05, 4.69) is 0 Å². The monoisotopic (exact) mass is 550 g/mol. The molecule has 0 aliphatic carbocycles. The van der Waals surface area contributed by atoms with Gasteiger partial charge < -0.3 is 19.5 Å². The molecule has 2 aromatic rings. The number of rotatable bonds is 10. The zero-order valence-corrected chi connectivity index (χ0v) is 21.5. The first-order valence-corrected chi connectivity index (χ1v) is 11.6. The summed E-state index contributed by atoms with van der Waals surface area (Å²) < 4.78 is 49.3. The highest BCUT2D eigenvalue weighted by atomic mass is 35.5. The van der Waals surface area contributed by atoms with Gasteiger partial charge in [-0.3, -0.25) is 9.69 Å². The third-order valence-electron chi connectivity index (χ3n) is 5.66. The summed E-state index contributed by atoms with van der Waals surface area (Å²) in [6.45, 7) is -0.612. The van der Waals surface area contributed by atoms with E-state index >= 15 is 0 Å². The molecule has 36 heavy (non-hydrogen) atoms. The van der Waals surface area contributed by atoms with Crippen LogP contribution in [0.1, 0.15) is 24.8 Å². The smallest absolute Gasteiger partial charge is 0.415 e. The number of halogens is 5. The molecule has 0 saturated heterocycles. The van der Waals surface area contributed by atoms with Gasteiger partial charge in [-0.25, -0.2) is 4.79 Å². The number of ether oxygens (including phenoxy) is 2. The predicted molar refractivity (Wildman–Crippen MR) is 130 cm³/mol. The van der Waals surface area contributed by atoms with Crippen molar-refractivity contribution in [2.45, 2.75) is 31.0 Å². The van der Waals surface area contributed by atoms with Crippen LogP contribution in [0.2, 0.25) is 10.0 Å². The van der Waals surface area contributed by atoms with Gasteiger partial charge in [0, 0.05) is 27.2 Å². The van der Waals surface area contributed by atoms with Crippen molar-refractivity contribution >= 4 is 35.2 Å². The Kier molecular flexibility index (Phi) is 10.3. The normalized spacial score (nSPS) is 13.0. The third kappa shape index (κ3) is 7.65. The van der Waals surface area contributed by atoms with E-state index in [1.165, 1.54) is 50.4 Å². The number of hydrogen-bond acceptors (Lipinski definition) is 5. The lowest BCUT2D eigenvalue weighted by Crippen LogP contribution is -2.55. The Hall–Kier alpha value is -2.69. The number of nitrogens with zero attached hydrogens (tertiary/aromatic N) is 2. The number of aliphatic hydroxyl groups excluding tert-OH is 1. The quantitative estimate of drug-likeness (QED) is 0.422. The van der Waals surface area contributed by atoms with E-state index in [1.807, 2.05) is 0 Å². The van der Waals surface area contributed by atoms with Gasteiger partial charge in [0.1, 0.15) is 17.9 Å². The van der Waals surface area contributed by atoms with Crippen molar-refractivity contribution in [2.24, 2.45) is 0 Å². The van der Waals surface area contributed by atoms with E-state index in [0.717, 1.165) is 4.90 Å². The largest absolute Gasteiger partial charge is 0.497 e. The van der Waals surface area contributed by atoms with Crippen LogP contribution < -0.4 is 9.47 Å². The van der Waals surface area contributed by atoms with Crippen molar-refractivity contribution in [1.82, 2.24) is 9.80 Å². The van der Waals surface area contributed by atoms with Crippen LogP contribution in [0.5, 0.6) is 11.5 Å². The topological polar surface area (TPSA) is 79.3 Å². The molecule has 1 atom stereocenters. The van der Waals surface area contributed by atoms with Crippen LogP contribution in [0.4, 0.5) is 18.0 Å². The number of benzene rings is 2. The maximum Gasteiger partial charge on any atom is 0.415 e. The second kappa shape index (κ2) is 12.5. The van der Waals surface area contributed by atoms with Gasteiger partial charge in [0.05, 0.1) is 22.7 Å². The zero-order valence-electron chi connectivity index (χ0n) is 19.9. The fourth-order valence-electron chi connectivity index (χ4n) is 3.71. The Labute approximate surface area is 217 Å². The van der Waals surface area contributed by atoms with Crippen molar-refractivity contribution in [3.05, 3.63) is 58.1 Å². The van der Waals surface area contributed by atoms with Crippen LogP contribution in [0, 0.1) is 0 Å². The Balaban J connectivity index is 2.52. The van der Waals surface area contributed by atoms with Gasteiger partial charge in [-0.05, 0) is 54.8 Å². The summed E-state index contributed by atoms with van der Waals surface area (Å²) in [6, 6.07) is 10.7. The number of aliphatic hydroxyl groups is 1. The van der Waals surface area contributed by atoms with Crippen LogP contribution in [-0.4, -0.2) is 67.4 Å². The molecule has 0 fully saturated rings. The first-order chi connectivity index (χ1) is 16.8. The van der Waals surface area contributed by atoms with Crippen LogP contribution >= 0.6 is 23.2 Å². The molecule has 0 spiro atoms. The molecule has 2 aromatic carbocycles. The lowest BCUT2D eigenvalue weighted by Gasteiger charge is -2.44. The standard InChI is InChI=1S/C24H27Cl2F3N2O5/c1-30(21(33)14-24(27,28)29)15-23(11-4-12-32,16-5-10-19(25)20(26)13-16)31(2)22(34)36-18-8-6-17(35-3)7-9-18/h5-10,13,32H,4,11-12,14-15H2,1-3H3/t23-/m1/s1. The van der Waals surface area contributed by atoms with E-state index in [9.17, 15) is 27.9 Å². The van der Waals surface area contributed by atoms with Crippen LogP contribution in [-0.2, 0) is 10.3 Å². The zero-order chi connectivity index (χ0) is 27.1. The Morgan fingerprint density at radius 3 is 2.14 bits per heavy atom. The minimum absolute atomic E-state index is 0.0688. The molecule has 7 nitrogen and oxygen atoms in total. The summed E-state index contributed by atoms with van der Waals surface area (Å²) in [6.07, 6.45) is -7.00. The molecule has 0 aromatic heterocycles. The minimum atomic E-state index is -4.71. The maximum atomic E-state index is 13.2. The van der Waals surface area contributed by atoms with Gasteiger partial charge in [-0.2, -0.15) is 13.2 Å². The fraction of sp³-hybridized carbons (Fsp3) is 0.417. The number of likely N-dealkylation sites (N-methyl/N-ethyl adjacent to an activating group) is 2. The van der Waals surface area contributed by atoms with Gasteiger partial charge in [0.25, 0.3) is 0 Å². The molecule has 2 amide bonds. The molecule has 12 heteroatoms. The molecule has 0 saturated carbocycles. The molecule has 0 aliphatic heterocycles. The van der Waals surface area contributed by atoms with Crippen molar-refractivity contribution in [2.75, 3.05) is 34.4 Å². The highest BCUT2D eigenvalue weighted by Gasteiger charge is 2.43. The molecule has 0 aliphatic rings. The summed E-state index contributed by atoms with van der Waals surface area (Å²) in [5.74, 6) is -0.451.